The van der Waals surface area contributed by atoms with Crippen LogP contribution >= 0.6 is 0 Å². The van der Waals surface area contributed by atoms with Gasteiger partial charge in [-0.05, 0) is 38.5 Å². The van der Waals surface area contributed by atoms with Crippen LogP contribution < -0.4 is 0 Å². The van der Waals surface area contributed by atoms with Crippen molar-refractivity contribution in [1.82, 2.24) is 0 Å². The second kappa shape index (κ2) is 13.8. The monoisotopic (exact) mass is 250 g/mol. The number of carbonyl (C=O) groups is 1. The zero-order valence-corrected chi connectivity index (χ0v) is 11.5. The molecule has 102 valence electrons. The predicted molar refractivity (Wildman–Crippen MR) is 77.7 cm³/mol. The average Bonchev–Trinajstić information content (AvgIpc) is 2.34. The van der Waals surface area contributed by atoms with E-state index < -0.39 is 5.97 Å². The molecule has 2 heteroatoms. The van der Waals surface area contributed by atoms with Gasteiger partial charge in [0.25, 0.3) is 0 Å². The predicted octanol–water partition coefficient (Wildman–Crippen LogP) is 4.88. The lowest BCUT2D eigenvalue weighted by atomic mass is 10.2. The van der Waals surface area contributed by atoms with Crippen molar-refractivity contribution in [2.24, 2.45) is 0 Å². The molecule has 0 spiro atoms. The molecule has 0 aliphatic rings. The fourth-order valence-corrected chi connectivity index (χ4v) is 1.48. The van der Waals surface area contributed by atoms with Gasteiger partial charge in [0.05, 0.1) is 0 Å². The summed E-state index contributed by atoms with van der Waals surface area (Å²) in [6, 6.07) is 0. The van der Waals surface area contributed by atoms with Crippen LogP contribution in [0.5, 0.6) is 0 Å². The summed E-state index contributed by atoms with van der Waals surface area (Å²) in [6.07, 6.45) is 20.5. The molecule has 0 unspecified atom stereocenters. The Labute approximate surface area is 111 Å². The van der Waals surface area contributed by atoms with E-state index in [4.69, 9.17) is 5.11 Å². The fraction of sp³-hybridized carbons (Fsp3) is 0.562. The molecule has 0 fully saturated rings. The van der Waals surface area contributed by atoms with E-state index in [1.807, 2.05) is 0 Å². The Bertz CT molecular complexity index is 275. The summed E-state index contributed by atoms with van der Waals surface area (Å²) in [5, 5.41) is 8.46. The van der Waals surface area contributed by atoms with Crippen LogP contribution in [0.25, 0.3) is 0 Å². The van der Waals surface area contributed by atoms with Crippen molar-refractivity contribution >= 4 is 5.97 Å². The summed E-state index contributed by atoms with van der Waals surface area (Å²) in [6.45, 7) is 2.18. The molecule has 0 rings (SSSR count). The second-order valence-electron chi connectivity index (χ2n) is 4.31. The van der Waals surface area contributed by atoms with Crippen LogP contribution in [0.3, 0.4) is 0 Å². The van der Waals surface area contributed by atoms with Crippen LogP contribution in [-0.4, -0.2) is 11.1 Å². The number of unbranched alkanes of at least 4 members (excludes halogenated alkanes) is 3. The quantitative estimate of drug-likeness (QED) is 0.419. The van der Waals surface area contributed by atoms with Crippen molar-refractivity contribution in [3.8, 4) is 0 Å². The standard InChI is InChI=1S/C16H26O2/c1-2-3-4-5-6-7-8-9-10-11-12-13-14-15-16(17)18/h4-5,7-8,10-11H,2-3,6,9,12-15H2,1H3,(H,17,18)/b5-4-,8-7-,11-10-. The molecule has 0 saturated heterocycles. The molecule has 1 N–H and O–H groups in total. The molecule has 0 aromatic rings. The molecular formula is C16H26O2. The summed E-state index contributed by atoms with van der Waals surface area (Å²) in [4.78, 5) is 10.3. The average molecular weight is 250 g/mol. The van der Waals surface area contributed by atoms with Crippen molar-refractivity contribution < 1.29 is 9.90 Å². The summed E-state index contributed by atoms with van der Waals surface area (Å²) in [5.41, 5.74) is 0. The first-order chi connectivity index (χ1) is 8.77. The topological polar surface area (TPSA) is 37.3 Å². The lowest BCUT2D eigenvalue weighted by Crippen LogP contribution is -1.92. The van der Waals surface area contributed by atoms with E-state index in [9.17, 15) is 4.79 Å². The van der Waals surface area contributed by atoms with E-state index in [0.29, 0.717) is 0 Å². The van der Waals surface area contributed by atoms with E-state index in [1.165, 1.54) is 12.8 Å². The molecule has 0 aliphatic carbocycles. The molecule has 0 aromatic carbocycles. The van der Waals surface area contributed by atoms with Crippen LogP contribution in [0.1, 0.15) is 58.3 Å². The maximum atomic E-state index is 10.3. The van der Waals surface area contributed by atoms with E-state index in [0.717, 1.165) is 32.1 Å². The minimum absolute atomic E-state index is 0.290. The SMILES string of the molecule is CCC/C=C\C/C=C\C/C=C\CCCCC(=O)O. The van der Waals surface area contributed by atoms with Crippen LogP contribution in [-0.2, 0) is 4.79 Å². The summed E-state index contributed by atoms with van der Waals surface area (Å²) >= 11 is 0. The van der Waals surface area contributed by atoms with Gasteiger partial charge in [-0.25, -0.2) is 0 Å². The van der Waals surface area contributed by atoms with E-state index in [-0.39, 0.29) is 6.42 Å². The molecule has 0 heterocycles. The molecule has 2 nitrogen and oxygen atoms in total. The Hall–Kier alpha value is -1.31. The minimum atomic E-state index is -0.696. The van der Waals surface area contributed by atoms with Crippen molar-refractivity contribution in [2.75, 3.05) is 0 Å². The summed E-state index contributed by atoms with van der Waals surface area (Å²) in [5.74, 6) is -0.696. The molecule has 0 atom stereocenters. The first-order valence-corrected chi connectivity index (χ1v) is 6.94. The van der Waals surface area contributed by atoms with Gasteiger partial charge in [0.2, 0.25) is 0 Å². The number of rotatable bonds is 11. The molecular weight excluding hydrogens is 224 g/mol. The van der Waals surface area contributed by atoms with Gasteiger partial charge in [0, 0.05) is 6.42 Å². The largest absolute Gasteiger partial charge is 0.481 e. The molecule has 0 amide bonds. The van der Waals surface area contributed by atoms with Gasteiger partial charge in [-0.3, -0.25) is 4.79 Å². The Morgan fingerprint density at radius 3 is 2.00 bits per heavy atom. The maximum absolute atomic E-state index is 10.3. The van der Waals surface area contributed by atoms with Gasteiger partial charge < -0.3 is 5.11 Å². The number of aliphatic carboxylic acids is 1. The smallest absolute Gasteiger partial charge is 0.303 e. The third kappa shape index (κ3) is 14.7. The highest BCUT2D eigenvalue weighted by molar-refractivity contribution is 5.66. The molecule has 0 saturated carbocycles. The number of carboxylic acid groups (broad SMARTS) is 1. The van der Waals surface area contributed by atoms with Crippen LogP contribution in [0.15, 0.2) is 36.5 Å². The van der Waals surface area contributed by atoms with Crippen molar-refractivity contribution in [3.05, 3.63) is 36.5 Å². The number of hydrogen-bond acceptors (Lipinski definition) is 1. The zero-order chi connectivity index (χ0) is 13.5. The Morgan fingerprint density at radius 2 is 1.44 bits per heavy atom. The summed E-state index contributed by atoms with van der Waals surface area (Å²) < 4.78 is 0. The van der Waals surface area contributed by atoms with Gasteiger partial charge >= 0.3 is 5.97 Å². The molecule has 0 aromatic heterocycles. The lowest BCUT2D eigenvalue weighted by molar-refractivity contribution is -0.137. The molecule has 18 heavy (non-hydrogen) atoms. The highest BCUT2D eigenvalue weighted by Gasteiger charge is 1.93. The number of hydrogen-bond donors (Lipinski definition) is 1. The maximum Gasteiger partial charge on any atom is 0.303 e. The third-order valence-corrected chi connectivity index (χ3v) is 2.51. The highest BCUT2D eigenvalue weighted by Crippen LogP contribution is 2.01. The van der Waals surface area contributed by atoms with Crippen LogP contribution in [0.4, 0.5) is 0 Å². The molecule has 0 aliphatic heterocycles. The van der Waals surface area contributed by atoms with Gasteiger partial charge in [0.1, 0.15) is 0 Å². The van der Waals surface area contributed by atoms with Crippen molar-refractivity contribution in [3.63, 3.8) is 0 Å². The lowest BCUT2D eigenvalue weighted by Gasteiger charge is -1.92. The summed E-state index contributed by atoms with van der Waals surface area (Å²) in [7, 11) is 0. The normalized spacial score (nSPS) is 12.1. The van der Waals surface area contributed by atoms with Crippen LogP contribution in [0.2, 0.25) is 0 Å². The first kappa shape index (κ1) is 16.7. The van der Waals surface area contributed by atoms with E-state index in [1.54, 1.807) is 0 Å². The van der Waals surface area contributed by atoms with E-state index >= 15 is 0 Å². The number of carboxylic acids is 1. The van der Waals surface area contributed by atoms with E-state index in [2.05, 4.69) is 43.4 Å². The fourth-order valence-electron chi connectivity index (χ4n) is 1.48. The van der Waals surface area contributed by atoms with Gasteiger partial charge in [-0.1, -0.05) is 49.8 Å². The van der Waals surface area contributed by atoms with Gasteiger partial charge in [-0.15, -0.1) is 0 Å². The Balaban J connectivity index is 3.31. The van der Waals surface area contributed by atoms with Crippen LogP contribution in [0, 0.1) is 0 Å². The third-order valence-electron chi connectivity index (χ3n) is 2.51. The molecule has 0 radical (unpaired) electrons. The van der Waals surface area contributed by atoms with Gasteiger partial charge in [0.15, 0.2) is 0 Å². The second-order valence-corrected chi connectivity index (χ2v) is 4.31. The Kier molecular flexibility index (Phi) is 12.8. The zero-order valence-electron chi connectivity index (χ0n) is 11.5. The van der Waals surface area contributed by atoms with Crippen molar-refractivity contribution in [1.29, 1.82) is 0 Å². The first-order valence-electron chi connectivity index (χ1n) is 6.94. The minimum Gasteiger partial charge on any atom is -0.481 e. The van der Waals surface area contributed by atoms with Gasteiger partial charge in [-0.2, -0.15) is 0 Å². The Morgan fingerprint density at radius 1 is 0.889 bits per heavy atom. The number of allylic oxidation sites excluding steroid dienone is 6. The highest BCUT2D eigenvalue weighted by atomic mass is 16.4. The van der Waals surface area contributed by atoms with Crippen molar-refractivity contribution in [2.45, 2.75) is 58.3 Å². The molecule has 0 bridgehead atoms.